The van der Waals surface area contributed by atoms with Crippen LogP contribution in [-0.2, 0) is 65.4 Å². The summed E-state index contributed by atoms with van der Waals surface area (Å²) in [6, 6.07) is 0. The summed E-state index contributed by atoms with van der Waals surface area (Å²) in [6.07, 6.45) is 43.4. The van der Waals surface area contributed by atoms with E-state index in [0.29, 0.717) is 37.5 Å². The van der Waals surface area contributed by atoms with Crippen molar-refractivity contribution >= 4 is 39.5 Å². The van der Waals surface area contributed by atoms with Gasteiger partial charge in [0.05, 0.1) is 26.4 Å². The summed E-state index contributed by atoms with van der Waals surface area (Å²) < 4.78 is 68.2. The van der Waals surface area contributed by atoms with Gasteiger partial charge in [-0.25, -0.2) is 9.13 Å². The number of esters is 4. The van der Waals surface area contributed by atoms with Gasteiger partial charge in [0.2, 0.25) is 0 Å². The molecule has 17 nitrogen and oxygen atoms in total. The van der Waals surface area contributed by atoms with Crippen LogP contribution in [0.4, 0.5) is 0 Å². The van der Waals surface area contributed by atoms with E-state index in [-0.39, 0.29) is 25.7 Å². The van der Waals surface area contributed by atoms with Crippen LogP contribution >= 0.6 is 15.6 Å². The Bertz CT molecular complexity index is 1780. The summed E-state index contributed by atoms with van der Waals surface area (Å²) >= 11 is 0. The van der Waals surface area contributed by atoms with Crippen LogP contribution in [0.25, 0.3) is 0 Å². The van der Waals surface area contributed by atoms with E-state index in [4.69, 9.17) is 37.0 Å². The lowest BCUT2D eigenvalue weighted by Gasteiger charge is -2.21. The van der Waals surface area contributed by atoms with Crippen LogP contribution in [-0.4, -0.2) is 96.7 Å². The number of aliphatic hydroxyl groups excluding tert-OH is 1. The van der Waals surface area contributed by atoms with Crippen molar-refractivity contribution in [3.8, 4) is 0 Å². The standard InChI is InChI=1S/C71H138O17P2/c1-9-64(8)50-42-34-25-20-21-27-37-45-53-70(75)87-67(58-82-69(74)52-44-36-30-29-33-41-49-63(6)7)60-86-90(79,80)84-56-65(72)55-83-89(77,78)85-59-66(88-71(76)54-46-38-28-22-24-32-40-48-62(4)5)57-81-68(73)51-43-35-26-19-17-15-13-11-10-12-14-16-18-23-31-39-47-61(2)3/h61-67,72H,9-60H2,1-8H3,(H,77,78)(H,79,80)/t64?,65-,66-,67-/m1/s1. The van der Waals surface area contributed by atoms with Gasteiger partial charge in [0, 0.05) is 25.7 Å². The lowest BCUT2D eigenvalue weighted by atomic mass is 9.99. The highest BCUT2D eigenvalue weighted by Crippen LogP contribution is 2.45. The van der Waals surface area contributed by atoms with E-state index in [1.165, 1.54) is 148 Å². The quantitative estimate of drug-likeness (QED) is 0.0222. The van der Waals surface area contributed by atoms with Gasteiger partial charge in [-0.3, -0.25) is 37.3 Å². The molecule has 0 fully saturated rings. The lowest BCUT2D eigenvalue weighted by Crippen LogP contribution is -2.30. The fraction of sp³-hybridized carbons (Fsp3) is 0.944. The third kappa shape index (κ3) is 63.5. The molecule has 0 aromatic rings. The normalized spacial score (nSPS) is 14.6. The fourth-order valence-corrected chi connectivity index (χ4v) is 12.2. The molecule has 0 spiro atoms. The topological polar surface area (TPSA) is 237 Å². The predicted octanol–water partition coefficient (Wildman–Crippen LogP) is 20.1. The number of phosphoric ester groups is 2. The van der Waals surface area contributed by atoms with E-state index in [9.17, 15) is 43.2 Å². The molecule has 0 bridgehead atoms. The molecule has 0 saturated heterocycles. The van der Waals surface area contributed by atoms with Crippen LogP contribution in [0.3, 0.4) is 0 Å². The van der Waals surface area contributed by atoms with E-state index in [2.05, 4.69) is 55.4 Å². The van der Waals surface area contributed by atoms with Gasteiger partial charge < -0.3 is 33.8 Å². The van der Waals surface area contributed by atoms with Crippen LogP contribution in [0.5, 0.6) is 0 Å². The predicted molar refractivity (Wildman–Crippen MR) is 363 cm³/mol. The van der Waals surface area contributed by atoms with Crippen molar-refractivity contribution in [3.05, 3.63) is 0 Å². The lowest BCUT2D eigenvalue weighted by molar-refractivity contribution is -0.161. The molecule has 0 radical (unpaired) electrons. The summed E-state index contributed by atoms with van der Waals surface area (Å²) in [7, 11) is -9.90. The smallest absolute Gasteiger partial charge is 0.462 e. The van der Waals surface area contributed by atoms with Gasteiger partial charge in [0.15, 0.2) is 12.2 Å². The Hall–Kier alpha value is -1.94. The van der Waals surface area contributed by atoms with Crippen molar-refractivity contribution in [1.29, 1.82) is 0 Å². The van der Waals surface area contributed by atoms with Crippen LogP contribution in [0.1, 0.15) is 351 Å². The fourth-order valence-electron chi connectivity index (χ4n) is 10.6. The van der Waals surface area contributed by atoms with Gasteiger partial charge in [-0.15, -0.1) is 0 Å². The summed E-state index contributed by atoms with van der Waals surface area (Å²) in [4.78, 5) is 72.5. The first-order valence-electron chi connectivity index (χ1n) is 36.7. The summed E-state index contributed by atoms with van der Waals surface area (Å²) in [5.74, 6) is 0.823. The highest BCUT2D eigenvalue weighted by Gasteiger charge is 2.30. The van der Waals surface area contributed by atoms with Crippen LogP contribution in [0.2, 0.25) is 0 Å². The molecule has 0 saturated carbocycles. The zero-order valence-electron chi connectivity index (χ0n) is 58.8. The van der Waals surface area contributed by atoms with E-state index in [1.54, 1.807) is 0 Å². The van der Waals surface area contributed by atoms with Gasteiger partial charge in [-0.2, -0.15) is 0 Å². The molecule has 3 N–H and O–H groups in total. The zero-order chi connectivity index (χ0) is 66.8. The molecule has 0 aliphatic rings. The van der Waals surface area contributed by atoms with Crippen molar-refractivity contribution in [1.82, 2.24) is 0 Å². The monoisotopic (exact) mass is 1320 g/mol. The van der Waals surface area contributed by atoms with Crippen molar-refractivity contribution in [2.75, 3.05) is 39.6 Å². The van der Waals surface area contributed by atoms with Gasteiger partial charge in [-0.1, -0.05) is 299 Å². The highest BCUT2D eigenvalue weighted by molar-refractivity contribution is 7.47. The first kappa shape index (κ1) is 88.1. The van der Waals surface area contributed by atoms with Gasteiger partial charge in [0.1, 0.15) is 19.3 Å². The maximum atomic E-state index is 13.0. The average Bonchev–Trinajstić information content (AvgIpc) is 3.58. The molecule has 534 valence electrons. The minimum absolute atomic E-state index is 0.103. The second kappa shape index (κ2) is 60.7. The molecule has 19 heteroatoms. The van der Waals surface area contributed by atoms with Gasteiger partial charge >= 0.3 is 39.5 Å². The number of unbranched alkanes of at least 4 members (excludes halogenated alkanes) is 33. The Morgan fingerprint density at radius 1 is 0.311 bits per heavy atom. The molecular weight excluding hydrogens is 1190 g/mol. The number of phosphoric acid groups is 2. The molecule has 0 aliphatic heterocycles. The molecule has 0 aliphatic carbocycles. The van der Waals surface area contributed by atoms with Crippen molar-refractivity contribution in [2.45, 2.75) is 369 Å². The molecule has 0 rings (SSSR count). The maximum Gasteiger partial charge on any atom is 0.472 e. The molecule has 90 heavy (non-hydrogen) atoms. The number of hydrogen-bond acceptors (Lipinski definition) is 15. The SMILES string of the molecule is CCC(C)CCCCCCCCCCC(=O)O[C@H](COC(=O)CCCCCCCCC(C)C)COP(=O)(O)OC[C@H](O)COP(=O)(O)OC[C@@H](COC(=O)CCCCCCCCCCCCCCCCCCC(C)C)OC(=O)CCCCCCCCCC(C)C. The summed E-state index contributed by atoms with van der Waals surface area (Å²) in [5.41, 5.74) is 0. The highest BCUT2D eigenvalue weighted by atomic mass is 31.2. The Balaban J connectivity index is 5.17. The molecule has 3 unspecified atom stereocenters. The molecule has 0 aromatic carbocycles. The number of aliphatic hydroxyl groups is 1. The summed E-state index contributed by atoms with van der Waals surface area (Å²) in [5, 5.41) is 10.6. The third-order valence-corrected chi connectivity index (χ3v) is 18.6. The minimum Gasteiger partial charge on any atom is -0.462 e. The van der Waals surface area contributed by atoms with E-state index < -0.39 is 97.5 Å². The van der Waals surface area contributed by atoms with E-state index >= 15 is 0 Å². The van der Waals surface area contributed by atoms with Gasteiger partial charge in [0.25, 0.3) is 0 Å². The number of carbonyl (C=O) groups is 4. The first-order chi connectivity index (χ1) is 43.1. The molecular formula is C71H138O17P2. The maximum absolute atomic E-state index is 13.0. The van der Waals surface area contributed by atoms with Crippen molar-refractivity contribution < 1.29 is 80.2 Å². The van der Waals surface area contributed by atoms with Crippen molar-refractivity contribution in [3.63, 3.8) is 0 Å². The zero-order valence-corrected chi connectivity index (χ0v) is 60.6. The first-order valence-corrected chi connectivity index (χ1v) is 39.7. The second-order valence-electron chi connectivity index (χ2n) is 27.3. The van der Waals surface area contributed by atoms with Crippen LogP contribution in [0, 0.1) is 23.7 Å². The number of rotatable bonds is 68. The third-order valence-electron chi connectivity index (χ3n) is 16.7. The molecule has 0 heterocycles. The molecule has 0 aromatic heterocycles. The molecule has 0 amide bonds. The van der Waals surface area contributed by atoms with E-state index in [0.717, 1.165) is 108 Å². The van der Waals surface area contributed by atoms with Gasteiger partial charge in [-0.05, 0) is 49.4 Å². The minimum atomic E-state index is -4.95. The van der Waals surface area contributed by atoms with E-state index in [1.807, 2.05) is 0 Å². The Labute approximate surface area is 549 Å². The van der Waals surface area contributed by atoms with Crippen molar-refractivity contribution in [2.24, 2.45) is 23.7 Å². The Kier molecular flexibility index (Phi) is 59.4. The largest absolute Gasteiger partial charge is 0.472 e. The Morgan fingerprint density at radius 3 is 0.789 bits per heavy atom. The number of ether oxygens (including phenoxy) is 4. The second-order valence-corrected chi connectivity index (χ2v) is 30.2. The van der Waals surface area contributed by atoms with Crippen LogP contribution in [0.15, 0.2) is 0 Å². The van der Waals surface area contributed by atoms with Crippen LogP contribution < -0.4 is 0 Å². The number of carbonyl (C=O) groups excluding carboxylic acids is 4. The molecule has 6 atom stereocenters. The Morgan fingerprint density at radius 2 is 0.533 bits per heavy atom. The number of hydrogen-bond donors (Lipinski definition) is 3. The average molecular weight is 1330 g/mol. The summed E-state index contributed by atoms with van der Waals surface area (Å²) in [6.45, 7) is 14.0.